The summed E-state index contributed by atoms with van der Waals surface area (Å²) in [5.41, 5.74) is 0. The van der Waals surface area contributed by atoms with E-state index in [1.807, 2.05) is 32.9 Å². The minimum absolute atomic E-state index is 0.00284. The van der Waals surface area contributed by atoms with Crippen LogP contribution in [0.2, 0.25) is 0 Å². The highest BCUT2D eigenvalue weighted by Gasteiger charge is 2.27. The van der Waals surface area contributed by atoms with Crippen molar-refractivity contribution in [3.63, 3.8) is 0 Å². The van der Waals surface area contributed by atoms with Gasteiger partial charge in [-0.2, -0.15) is 0 Å². The van der Waals surface area contributed by atoms with Gasteiger partial charge < -0.3 is 14.6 Å². The lowest BCUT2D eigenvalue weighted by molar-refractivity contribution is 0.192. The number of nitrogens with zero attached hydrogens (tertiary/aromatic N) is 1. The largest absolute Gasteiger partial charge is 0.466 e. The van der Waals surface area contributed by atoms with Gasteiger partial charge in [0, 0.05) is 25.6 Å². The summed E-state index contributed by atoms with van der Waals surface area (Å²) >= 11 is 0. The highest BCUT2D eigenvalue weighted by molar-refractivity contribution is 7.91. The van der Waals surface area contributed by atoms with Gasteiger partial charge in [-0.05, 0) is 38.3 Å². The second-order valence-electron chi connectivity index (χ2n) is 6.57. The summed E-state index contributed by atoms with van der Waals surface area (Å²) < 4.78 is 29.0. The molecule has 2 atom stereocenters. The van der Waals surface area contributed by atoms with Gasteiger partial charge in [0.05, 0.1) is 11.5 Å². The summed E-state index contributed by atoms with van der Waals surface area (Å²) in [7, 11) is -3.04. The standard InChI is InChI=1S/C16H26N2O4S/c1-12-10-18(8-9-23(20,21)11-12)16(19)17-13(2)4-6-15-7-5-14(3)22-15/h5,7,12-13H,4,6,8-11H2,1-3H3,(H,17,19)/t12-,13+/m1/s1. The van der Waals surface area contributed by atoms with E-state index in [4.69, 9.17) is 4.42 Å². The molecular weight excluding hydrogens is 316 g/mol. The number of aryl methyl sites for hydroxylation is 2. The van der Waals surface area contributed by atoms with Crippen molar-refractivity contribution in [1.29, 1.82) is 0 Å². The summed E-state index contributed by atoms with van der Waals surface area (Å²) in [5, 5.41) is 2.95. The molecule has 0 unspecified atom stereocenters. The predicted molar refractivity (Wildman–Crippen MR) is 89.2 cm³/mol. The third-order valence-electron chi connectivity index (χ3n) is 4.02. The van der Waals surface area contributed by atoms with E-state index >= 15 is 0 Å². The second-order valence-corrected chi connectivity index (χ2v) is 8.80. The minimum atomic E-state index is -3.04. The van der Waals surface area contributed by atoms with Crippen molar-refractivity contribution in [1.82, 2.24) is 10.2 Å². The quantitative estimate of drug-likeness (QED) is 0.907. The fraction of sp³-hybridized carbons (Fsp3) is 0.688. The van der Waals surface area contributed by atoms with E-state index in [-0.39, 0.29) is 36.0 Å². The van der Waals surface area contributed by atoms with Crippen LogP contribution in [0.15, 0.2) is 16.5 Å². The average Bonchev–Trinajstić information content (AvgIpc) is 2.79. The fourth-order valence-corrected chi connectivity index (χ4v) is 4.46. The first-order valence-electron chi connectivity index (χ1n) is 8.06. The molecule has 6 nitrogen and oxygen atoms in total. The molecule has 0 aliphatic carbocycles. The molecule has 1 aliphatic rings. The average molecular weight is 342 g/mol. The number of hydrogen-bond acceptors (Lipinski definition) is 4. The van der Waals surface area contributed by atoms with Crippen LogP contribution in [-0.2, 0) is 16.3 Å². The Bertz CT molecular complexity index is 638. The fourth-order valence-electron chi connectivity index (χ4n) is 2.82. The van der Waals surface area contributed by atoms with E-state index < -0.39 is 9.84 Å². The molecule has 1 aromatic rings. The molecule has 0 radical (unpaired) electrons. The molecule has 7 heteroatoms. The summed E-state index contributed by atoms with van der Waals surface area (Å²) in [5.74, 6) is 1.97. The van der Waals surface area contributed by atoms with E-state index in [9.17, 15) is 13.2 Å². The normalized spacial score (nSPS) is 22.4. The number of urea groups is 1. The van der Waals surface area contributed by atoms with Crippen LogP contribution in [-0.4, -0.2) is 50.0 Å². The van der Waals surface area contributed by atoms with Crippen molar-refractivity contribution >= 4 is 15.9 Å². The molecule has 2 amide bonds. The van der Waals surface area contributed by atoms with Gasteiger partial charge in [0.2, 0.25) is 0 Å². The zero-order valence-corrected chi connectivity index (χ0v) is 14.9. The number of furan rings is 1. The van der Waals surface area contributed by atoms with Crippen LogP contribution in [0.5, 0.6) is 0 Å². The molecule has 1 N–H and O–H groups in total. The van der Waals surface area contributed by atoms with Crippen molar-refractivity contribution in [2.24, 2.45) is 5.92 Å². The Hall–Kier alpha value is -1.50. The van der Waals surface area contributed by atoms with Gasteiger partial charge in [-0.25, -0.2) is 13.2 Å². The van der Waals surface area contributed by atoms with E-state index in [1.165, 1.54) is 0 Å². The smallest absolute Gasteiger partial charge is 0.317 e. The van der Waals surface area contributed by atoms with Crippen molar-refractivity contribution < 1.29 is 17.6 Å². The molecule has 1 fully saturated rings. The number of rotatable bonds is 4. The van der Waals surface area contributed by atoms with Gasteiger partial charge in [0.15, 0.2) is 9.84 Å². The maximum absolute atomic E-state index is 12.3. The molecule has 23 heavy (non-hydrogen) atoms. The van der Waals surface area contributed by atoms with Crippen LogP contribution in [0.4, 0.5) is 4.79 Å². The Kier molecular flexibility index (Phi) is 5.73. The molecule has 0 saturated carbocycles. The summed E-state index contributed by atoms with van der Waals surface area (Å²) in [4.78, 5) is 13.9. The van der Waals surface area contributed by atoms with E-state index in [1.54, 1.807) is 4.90 Å². The lowest BCUT2D eigenvalue weighted by Crippen LogP contribution is -2.46. The van der Waals surface area contributed by atoms with Gasteiger partial charge in [-0.1, -0.05) is 6.92 Å². The molecule has 1 aliphatic heterocycles. The molecule has 130 valence electrons. The Labute approximate surface area is 138 Å². The van der Waals surface area contributed by atoms with Crippen LogP contribution in [0.3, 0.4) is 0 Å². The molecule has 0 bridgehead atoms. The third kappa shape index (κ3) is 5.57. The second kappa shape index (κ2) is 7.38. The summed E-state index contributed by atoms with van der Waals surface area (Å²) in [6.45, 7) is 6.47. The Balaban J connectivity index is 1.83. The van der Waals surface area contributed by atoms with Crippen LogP contribution < -0.4 is 5.32 Å². The highest BCUT2D eigenvalue weighted by Crippen LogP contribution is 2.12. The first-order chi connectivity index (χ1) is 10.7. The monoisotopic (exact) mass is 342 g/mol. The Morgan fingerprint density at radius 2 is 2.22 bits per heavy atom. The molecule has 0 aromatic carbocycles. The maximum atomic E-state index is 12.3. The van der Waals surface area contributed by atoms with Crippen molar-refractivity contribution in [2.45, 2.75) is 39.7 Å². The Morgan fingerprint density at radius 1 is 1.48 bits per heavy atom. The van der Waals surface area contributed by atoms with Crippen molar-refractivity contribution in [3.8, 4) is 0 Å². The van der Waals surface area contributed by atoms with Gasteiger partial charge in [-0.3, -0.25) is 0 Å². The van der Waals surface area contributed by atoms with Gasteiger partial charge in [-0.15, -0.1) is 0 Å². The van der Waals surface area contributed by atoms with Crippen molar-refractivity contribution in [3.05, 3.63) is 23.7 Å². The van der Waals surface area contributed by atoms with E-state index in [2.05, 4.69) is 5.32 Å². The lowest BCUT2D eigenvalue weighted by Gasteiger charge is -2.24. The molecule has 0 spiro atoms. The lowest BCUT2D eigenvalue weighted by atomic mass is 10.1. The van der Waals surface area contributed by atoms with E-state index in [0.717, 1.165) is 24.4 Å². The molecule has 2 rings (SSSR count). The first kappa shape index (κ1) is 17.8. The third-order valence-corrected chi connectivity index (χ3v) is 5.90. The molecule has 1 aromatic heterocycles. The highest BCUT2D eigenvalue weighted by atomic mass is 32.2. The zero-order chi connectivity index (χ0) is 17.0. The minimum Gasteiger partial charge on any atom is -0.466 e. The summed E-state index contributed by atoms with van der Waals surface area (Å²) in [6, 6.07) is 3.70. The van der Waals surface area contributed by atoms with Crippen LogP contribution in [0.1, 0.15) is 31.8 Å². The maximum Gasteiger partial charge on any atom is 0.317 e. The van der Waals surface area contributed by atoms with Crippen LogP contribution >= 0.6 is 0 Å². The van der Waals surface area contributed by atoms with Crippen molar-refractivity contribution in [2.75, 3.05) is 24.6 Å². The number of amides is 2. The van der Waals surface area contributed by atoms with Crippen LogP contribution in [0.25, 0.3) is 0 Å². The molecule has 1 saturated heterocycles. The Morgan fingerprint density at radius 3 is 2.87 bits per heavy atom. The zero-order valence-electron chi connectivity index (χ0n) is 14.0. The molecular formula is C16H26N2O4S. The first-order valence-corrected chi connectivity index (χ1v) is 9.88. The van der Waals surface area contributed by atoms with Gasteiger partial charge in [0.25, 0.3) is 0 Å². The molecule has 2 heterocycles. The number of carbonyl (C=O) groups is 1. The van der Waals surface area contributed by atoms with Gasteiger partial charge in [0.1, 0.15) is 11.5 Å². The number of carbonyl (C=O) groups excluding carboxylic acids is 1. The SMILES string of the molecule is Cc1ccc(CC[C@H](C)NC(=O)N2CCS(=O)(=O)C[C@H](C)C2)o1. The number of sulfone groups is 1. The summed E-state index contributed by atoms with van der Waals surface area (Å²) in [6.07, 6.45) is 1.54. The number of nitrogens with one attached hydrogen (secondary N) is 1. The van der Waals surface area contributed by atoms with E-state index in [0.29, 0.717) is 6.54 Å². The topological polar surface area (TPSA) is 79.6 Å². The van der Waals surface area contributed by atoms with Gasteiger partial charge >= 0.3 is 6.03 Å². The van der Waals surface area contributed by atoms with Crippen LogP contribution in [0, 0.1) is 12.8 Å². The number of hydrogen-bond donors (Lipinski definition) is 1. The predicted octanol–water partition coefficient (Wildman–Crippen LogP) is 1.99.